The number of nitrogens with zero attached hydrogens (tertiary/aromatic N) is 1. The fraction of sp³-hybridized carbons (Fsp3) is 0.385. The molecule has 7 heteroatoms. The number of thioether (sulfide) groups is 1. The molecule has 1 aliphatic rings. The van der Waals surface area contributed by atoms with Gasteiger partial charge in [0.25, 0.3) is 10.0 Å². The topological polar surface area (TPSA) is 37.4 Å². The van der Waals surface area contributed by atoms with Crippen LogP contribution < -0.4 is 0 Å². The van der Waals surface area contributed by atoms with E-state index in [0.717, 1.165) is 12.2 Å². The lowest BCUT2D eigenvalue weighted by atomic mass is 10.2. The lowest BCUT2D eigenvalue weighted by molar-refractivity contribution is 0.430. The van der Waals surface area contributed by atoms with Crippen LogP contribution in [0.2, 0.25) is 0 Å². The zero-order valence-electron chi connectivity index (χ0n) is 10.8. The van der Waals surface area contributed by atoms with Crippen molar-refractivity contribution in [3.8, 4) is 0 Å². The summed E-state index contributed by atoms with van der Waals surface area (Å²) < 4.78 is 27.1. The second-order valence-electron chi connectivity index (χ2n) is 4.50. The molecule has 1 aliphatic heterocycles. The Balaban J connectivity index is 1.75. The Bertz CT molecular complexity index is 634. The minimum absolute atomic E-state index is 0.429. The molecule has 0 radical (unpaired) electrons. The molecule has 1 fully saturated rings. The number of rotatable bonds is 3. The zero-order valence-corrected chi connectivity index (χ0v) is 14.0. The van der Waals surface area contributed by atoms with Crippen molar-refractivity contribution in [2.75, 3.05) is 18.8 Å². The third-order valence-electron chi connectivity index (χ3n) is 3.25. The van der Waals surface area contributed by atoms with Crippen LogP contribution in [0.15, 0.2) is 39.2 Å². The summed E-state index contributed by atoms with van der Waals surface area (Å²) in [5.74, 6) is 0.854. The van der Waals surface area contributed by atoms with Crippen molar-refractivity contribution in [1.29, 1.82) is 0 Å². The Morgan fingerprint density at radius 2 is 1.90 bits per heavy atom. The van der Waals surface area contributed by atoms with E-state index in [2.05, 4.69) is 17.5 Å². The molecule has 20 heavy (non-hydrogen) atoms. The van der Waals surface area contributed by atoms with Crippen molar-refractivity contribution in [2.45, 2.75) is 15.9 Å². The molecule has 0 aromatic carbocycles. The second-order valence-corrected chi connectivity index (χ2v) is 9.90. The average molecular weight is 346 g/mol. The van der Waals surface area contributed by atoms with Gasteiger partial charge in [-0.2, -0.15) is 16.1 Å². The van der Waals surface area contributed by atoms with Gasteiger partial charge in [-0.05, 0) is 29.3 Å². The first-order valence-electron chi connectivity index (χ1n) is 6.36. The van der Waals surface area contributed by atoms with Gasteiger partial charge in [-0.1, -0.05) is 12.1 Å². The highest BCUT2D eigenvalue weighted by molar-refractivity contribution is 7.99. The van der Waals surface area contributed by atoms with E-state index in [0.29, 0.717) is 22.5 Å². The van der Waals surface area contributed by atoms with Crippen molar-refractivity contribution >= 4 is 44.5 Å². The lowest BCUT2D eigenvalue weighted by Crippen LogP contribution is -2.32. The van der Waals surface area contributed by atoms with E-state index in [9.17, 15) is 8.42 Å². The predicted molar refractivity (Wildman–Crippen MR) is 87.2 cm³/mol. The summed E-state index contributed by atoms with van der Waals surface area (Å²) in [6, 6.07) is 7.69. The summed E-state index contributed by atoms with van der Waals surface area (Å²) in [6.07, 6.45) is 0.885. The zero-order chi connectivity index (χ0) is 14.0. The molecule has 0 saturated carbocycles. The van der Waals surface area contributed by atoms with Crippen LogP contribution in [-0.2, 0) is 10.0 Å². The minimum Gasteiger partial charge on any atom is -0.206 e. The molecule has 0 amide bonds. The smallest absolute Gasteiger partial charge is 0.206 e. The summed E-state index contributed by atoms with van der Waals surface area (Å²) in [7, 11) is -3.29. The Morgan fingerprint density at radius 1 is 1.10 bits per heavy atom. The maximum absolute atomic E-state index is 12.5. The van der Waals surface area contributed by atoms with Gasteiger partial charge >= 0.3 is 0 Å². The molecule has 0 spiro atoms. The van der Waals surface area contributed by atoms with Crippen LogP contribution in [0.1, 0.15) is 16.5 Å². The van der Waals surface area contributed by atoms with Crippen LogP contribution in [0.25, 0.3) is 0 Å². The van der Waals surface area contributed by atoms with Crippen LogP contribution >= 0.6 is 34.4 Å². The molecular formula is C13H15NO2S4. The van der Waals surface area contributed by atoms with Crippen LogP contribution in [0.5, 0.6) is 0 Å². The summed E-state index contributed by atoms with van der Waals surface area (Å²) in [4.78, 5) is 1.35. The fourth-order valence-corrected chi connectivity index (χ4v) is 7.18. The molecule has 1 saturated heterocycles. The highest BCUT2D eigenvalue weighted by Gasteiger charge is 2.29. The quantitative estimate of drug-likeness (QED) is 0.851. The van der Waals surface area contributed by atoms with E-state index in [-0.39, 0.29) is 0 Å². The van der Waals surface area contributed by atoms with Gasteiger partial charge in [0, 0.05) is 29.0 Å². The SMILES string of the molecule is O=S(=O)(c1cccs1)N1CCSC(c2cccs2)CC1. The molecule has 2 aromatic rings. The number of thiophene rings is 2. The van der Waals surface area contributed by atoms with Crippen LogP contribution in [-0.4, -0.2) is 31.6 Å². The molecule has 1 atom stereocenters. The molecule has 0 aliphatic carbocycles. The van der Waals surface area contributed by atoms with Gasteiger partial charge in [-0.3, -0.25) is 0 Å². The molecule has 2 aromatic heterocycles. The van der Waals surface area contributed by atoms with Crippen molar-refractivity contribution in [3.05, 3.63) is 39.9 Å². The molecule has 3 rings (SSSR count). The van der Waals surface area contributed by atoms with E-state index in [1.165, 1.54) is 16.2 Å². The molecule has 0 bridgehead atoms. The largest absolute Gasteiger partial charge is 0.252 e. The molecule has 3 heterocycles. The van der Waals surface area contributed by atoms with Crippen molar-refractivity contribution in [2.24, 2.45) is 0 Å². The summed E-state index contributed by atoms with van der Waals surface area (Å²) in [5.41, 5.74) is 0. The third kappa shape index (κ3) is 2.96. The highest BCUT2D eigenvalue weighted by atomic mass is 32.2. The van der Waals surface area contributed by atoms with E-state index in [1.807, 2.05) is 17.1 Å². The molecule has 0 N–H and O–H groups in total. The van der Waals surface area contributed by atoms with Crippen molar-refractivity contribution < 1.29 is 8.42 Å². The minimum atomic E-state index is -3.29. The van der Waals surface area contributed by atoms with E-state index >= 15 is 0 Å². The average Bonchev–Trinajstić information content (AvgIpc) is 3.08. The van der Waals surface area contributed by atoms with Crippen LogP contribution in [0.3, 0.4) is 0 Å². The Kier molecular flexibility index (Phi) is 4.52. The van der Waals surface area contributed by atoms with Gasteiger partial charge in [0.1, 0.15) is 4.21 Å². The summed E-state index contributed by atoms with van der Waals surface area (Å²) in [6.45, 7) is 1.21. The second kappa shape index (κ2) is 6.19. The van der Waals surface area contributed by atoms with Crippen molar-refractivity contribution in [3.63, 3.8) is 0 Å². The van der Waals surface area contributed by atoms with E-state index in [4.69, 9.17) is 0 Å². The van der Waals surface area contributed by atoms with Gasteiger partial charge in [0.2, 0.25) is 0 Å². The van der Waals surface area contributed by atoms with Gasteiger partial charge in [-0.25, -0.2) is 8.42 Å². The highest BCUT2D eigenvalue weighted by Crippen LogP contribution is 2.37. The normalized spacial score (nSPS) is 21.7. The number of sulfonamides is 1. The van der Waals surface area contributed by atoms with Crippen LogP contribution in [0.4, 0.5) is 0 Å². The van der Waals surface area contributed by atoms with Gasteiger partial charge < -0.3 is 0 Å². The molecular weight excluding hydrogens is 330 g/mol. The molecule has 1 unspecified atom stereocenters. The predicted octanol–water partition coefficient (Wildman–Crippen LogP) is 3.68. The van der Waals surface area contributed by atoms with E-state index in [1.54, 1.807) is 27.8 Å². The van der Waals surface area contributed by atoms with Gasteiger partial charge in [0.15, 0.2) is 0 Å². The standard InChI is InChI=1S/C13H15NO2S4/c15-20(16,13-4-2-9-19-13)14-6-5-12(18-10-7-14)11-3-1-8-17-11/h1-4,8-9,12H,5-7,10H2. The first-order valence-corrected chi connectivity index (χ1v) is 10.6. The lowest BCUT2D eigenvalue weighted by Gasteiger charge is -2.18. The fourth-order valence-electron chi connectivity index (χ4n) is 2.23. The van der Waals surface area contributed by atoms with E-state index < -0.39 is 10.0 Å². The maximum atomic E-state index is 12.5. The Hall–Kier alpha value is -0.340. The molecule has 108 valence electrons. The number of hydrogen-bond acceptors (Lipinski definition) is 5. The maximum Gasteiger partial charge on any atom is 0.252 e. The van der Waals surface area contributed by atoms with Gasteiger partial charge in [-0.15, -0.1) is 22.7 Å². The monoisotopic (exact) mass is 345 g/mol. The third-order valence-corrected chi connectivity index (χ3v) is 8.97. The summed E-state index contributed by atoms with van der Waals surface area (Å²) >= 11 is 4.92. The molecule has 3 nitrogen and oxygen atoms in total. The van der Waals surface area contributed by atoms with Gasteiger partial charge in [0.05, 0.1) is 0 Å². The first-order chi connectivity index (χ1) is 9.68. The van der Waals surface area contributed by atoms with Crippen LogP contribution in [0, 0.1) is 0 Å². The first kappa shape index (κ1) is 14.6. The number of hydrogen-bond donors (Lipinski definition) is 0. The van der Waals surface area contributed by atoms with Crippen molar-refractivity contribution in [1.82, 2.24) is 4.31 Å². The summed E-state index contributed by atoms with van der Waals surface area (Å²) in [5, 5.41) is 4.33. The Labute approximate surface area is 131 Å². The Morgan fingerprint density at radius 3 is 2.60 bits per heavy atom.